The second-order valence-corrected chi connectivity index (χ2v) is 11.8. The molecule has 9 nitrogen and oxygen atoms in total. The van der Waals surface area contributed by atoms with E-state index in [4.69, 9.17) is 61.2 Å². The number of thiocarbonyl (C=S) groups is 1. The molecule has 14 heteroatoms. The molecule has 0 saturated heterocycles. The molecule has 1 aliphatic heterocycles. The summed E-state index contributed by atoms with van der Waals surface area (Å²) in [6.07, 6.45) is 1.40. The van der Waals surface area contributed by atoms with Crippen molar-refractivity contribution in [1.82, 2.24) is 16.1 Å². The third kappa shape index (κ3) is 8.64. The summed E-state index contributed by atoms with van der Waals surface area (Å²) in [5.74, 6) is -0.208. The van der Waals surface area contributed by atoms with E-state index in [9.17, 15) is 9.59 Å². The third-order valence-electron chi connectivity index (χ3n) is 6.17. The molecule has 3 N–H and O–H groups in total. The number of carbonyl (C=O) groups excluding carboxylic acids is 2. The predicted molar refractivity (Wildman–Crippen MR) is 179 cm³/mol. The summed E-state index contributed by atoms with van der Waals surface area (Å²) >= 11 is 27.3. The number of carbonyl (C=O) groups is 2. The molecule has 1 atom stereocenters. The molecular formula is C30H26BrCl3N4O5S. The average Bonchev–Trinajstić information content (AvgIpc) is 2.96. The molecule has 0 radical (unpaired) electrons. The van der Waals surface area contributed by atoms with E-state index in [1.165, 1.54) is 6.21 Å². The van der Waals surface area contributed by atoms with Crippen LogP contribution in [0.3, 0.4) is 0 Å². The van der Waals surface area contributed by atoms with Crippen molar-refractivity contribution in [2.45, 2.75) is 26.5 Å². The van der Waals surface area contributed by atoms with Crippen molar-refractivity contribution in [3.05, 3.63) is 102 Å². The number of benzene rings is 3. The van der Waals surface area contributed by atoms with Gasteiger partial charge in [-0.15, -0.1) is 0 Å². The number of rotatable bonds is 11. The Morgan fingerprint density at radius 1 is 1.09 bits per heavy atom. The van der Waals surface area contributed by atoms with Gasteiger partial charge in [-0.1, -0.05) is 59.1 Å². The number of allylic oxidation sites excluding steroid dienone is 1. The highest BCUT2D eigenvalue weighted by molar-refractivity contribution is 9.10. The van der Waals surface area contributed by atoms with Gasteiger partial charge in [-0.05, 0) is 72.3 Å². The van der Waals surface area contributed by atoms with Crippen LogP contribution < -0.4 is 25.5 Å². The molecule has 230 valence electrons. The van der Waals surface area contributed by atoms with Crippen LogP contribution in [0, 0.1) is 0 Å². The van der Waals surface area contributed by atoms with Gasteiger partial charge in [-0.25, -0.2) is 10.2 Å². The molecule has 0 bridgehead atoms. The highest BCUT2D eigenvalue weighted by Crippen LogP contribution is 2.35. The molecule has 1 aliphatic rings. The third-order valence-corrected chi connectivity index (χ3v) is 7.78. The standard InChI is InChI=1S/C30H26BrCl3N4O5S/c1-3-41-29(40)26-16(2)36-30(44)37-27(26)21-6-4-5-7-24(21)42-15-25(39)38-35-13-18-10-20(33)11-22(31)28(18)43-14-17-8-9-19(32)12-23(17)34/h4-13,27H,3,14-15H2,1-2H3,(H,38,39)(H2,36,37,44)/t27-/m0/s1. The van der Waals surface area contributed by atoms with Crippen molar-refractivity contribution in [3.8, 4) is 11.5 Å². The van der Waals surface area contributed by atoms with Crippen LogP contribution in [0.25, 0.3) is 0 Å². The number of nitrogens with zero attached hydrogens (tertiary/aromatic N) is 1. The van der Waals surface area contributed by atoms with Crippen LogP contribution in [0.4, 0.5) is 0 Å². The first-order valence-corrected chi connectivity index (χ1v) is 15.5. The molecule has 1 heterocycles. The van der Waals surface area contributed by atoms with Gasteiger partial charge in [0.15, 0.2) is 11.7 Å². The van der Waals surface area contributed by atoms with Crippen molar-refractivity contribution in [1.29, 1.82) is 0 Å². The summed E-state index contributed by atoms with van der Waals surface area (Å²) in [7, 11) is 0. The van der Waals surface area contributed by atoms with Crippen LogP contribution in [-0.4, -0.2) is 36.4 Å². The number of amides is 1. The van der Waals surface area contributed by atoms with Gasteiger partial charge in [0, 0.05) is 37.5 Å². The number of hydrogen-bond acceptors (Lipinski definition) is 7. The Morgan fingerprint density at radius 2 is 1.86 bits per heavy atom. The molecule has 3 aromatic rings. The first kappa shape index (κ1) is 33.5. The van der Waals surface area contributed by atoms with Crippen LogP contribution >= 0.6 is 63.0 Å². The van der Waals surface area contributed by atoms with Gasteiger partial charge in [0.2, 0.25) is 0 Å². The minimum atomic E-state index is -0.650. The topological polar surface area (TPSA) is 110 Å². The van der Waals surface area contributed by atoms with E-state index in [-0.39, 0.29) is 19.8 Å². The van der Waals surface area contributed by atoms with Crippen LogP contribution in [0.2, 0.25) is 15.1 Å². The Hall–Kier alpha value is -3.35. The highest BCUT2D eigenvalue weighted by Gasteiger charge is 2.32. The van der Waals surface area contributed by atoms with Gasteiger partial charge in [0.1, 0.15) is 18.1 Å². The monoisotopic (exact) mass is 738 g/mol. The van der Waals surface area contributed by atoms with Crippen LogP contribution in [0.15, 0.2) is 75.4 Å². The molecule has 44 heavy (non-hydrogen) atoms. The van der Waals surface area contributed by atoms with Gasteiger partial charge in [-0.3, -0.25) is 4.79 Å². The number of esters is 1. The first-order chi connectivity index (χ1) is 21.1. The fourth-order valence-electron chi connectivity index (χ4n) is 4.22. The fraction of sp³-hybridized carbons (Fsp3) is 0.200. The summed E-state index contributed by atoms with van der Waals surface area (Å²) in [4.78, 5) is 25.4. The minimum Gasteiger partial charge on any atom is -0.487 e. The summed E-state index contributed by atoms with van der Waals surface area (Å²) < 4.78 is 17.7. The van der Waals surface area contributed by atoms with Gasteiger partial charge in [0.25, 0.3) is 5.91 Å². The maximum Gasteiger partial charge on any atom is 0.338 e. The van der Waals surface area contributed by atoms with E-state index >= 15 is 0 Å². The van der Waals surface area contributed by atoms with Crippen LogP contribution in [0.1, 0.15) is 36.6 Å². The quantitative estimate of drug-likeness (QED) is 0.0846. The summed E-state index contributed by atoms with van der Waals surface area (Å²) in [6, 6.07) is 14.8. The van der Waals surface area contributed by atoms with Gasteiger partial charge in [-0.2, -0.15) is 5.10 Å². The molecule has 0 saturated carbocycles. The van der Waals surface area contributed by atoms with Crippen LogP contribution in [0.5, 0.6) is 11.5 Å². The fourth-order valence-corrected chi connectivity index (χ4v) is 5.91. The lowest BCUT2D eigenvalue weighted by Gasteiger charge is -2.30. The zero-order chi connectivity index (χ0) is 31.8. The number of para-hydroxylation sites is 1. The maximum absolute atomic E-state index is 12.8. The molecular weight excluding hydrogens is 715 g/mol. The van der Waals surface area contributed by atoms with Crippen molar-refractivity contribution >= 4 is 86.2 Å². The summed E-state index contributed by atoms with van der Waals surface area (Å²) in [5, 5.41) is 11.9. The summed E-state index contributed by atoms with van der Waals surface area (Å²) in [6.45, 7) is 3.47. The SMILES string of the molecule is CCOC(=O)C1=C(C)NC(=S)N[C@H]1c1ccccc1OCC(=O)NN=Cc1cc(Cl)cc(Br)c1OCc1ccc(Cl)cc1Cl. The van der Waals surface area contributed by atoms with Gasteiger partial charge < -0.3 is 24.8 Å². The second-order valence-electron chi connectivity index (χ2n) is 9.24. The van der Waals surface area contributed by atoms with E-state index in [0.29, 0.717) is 58.5 Å². The Morgan fingerprint density at radius 3 is 2.61 bits per heavy atom. The molecule has 0 spiro atoms. The number of hydrazone groups is 1. The molecule has 1 amide bonds. The zero-order valence-corrected chi connectivity index (χ0v) is 28.1. The van der Waals surface area contributed by atoms with E-state index in [0.717, 1.165) is 5.56 Å². The summed E-state index contributed by atoms with van der Waals surface area (Å²) in [5.41, 5.74) is 5.19. The molecule has 0 aromatic heterocycles. The lowest BCUT2D eigenvalue weighted by molar-refractivity contribution is -0.139. The number of halogens is 4. The molecule has 4 rings (SSSR count). The average molecular weight is 741 g/mol. The number of nitrogens with one attached hydrogen (secondary N) is 3. The minimum absolute atomic E-state index is 0.153. The smallest absolute Gasteiger partial charge is 0.338 e. The van der Waals surface area contributed by atoms with E-state index in [1.54, 1.807) is 68.4 Å². The molecule has 0 fully saturated rings. The first-order valence-electron chi connectivity index (χ1n) is 13.1. The Kier molecular flexibility index (Phi) is 11.9. The normalized spacial score (nSPS) is 14.6. The lowest BCUT2D eigenvalue weighted by Crippen LogP contribution is -2.45. The van der Waals surface area contributed by atoms with Gasteiger partial charge in [0.05, 0.1) is 28.9 Å². The zero-order valence-electron chi connectivity index (χ0n) is 23.4. The van der Waals surface area contributed by atoms with E-state index in [2.05, 4.69) is 37.1 Å². The Labute approximate surface area is 283 Å². The number of hydrogen-bond donors (Lipinski definition) is 3. The van der Waals surface area contributed by atoms with Crippen molar-refractivity contribution < 1.29 is 23.8 Å². The largest absolute Gasteiger partial charge is 0.487 e. The molecule has 0 aliphatic carbocycles. The number of ether oxygens (including phenoxy) is 3. The highest BCUT2D eigenvalue weighted by atomic mass is 79.9. The van der Waals surface area contributed by atoms with E-state index < -0.39 is 17.9 Å². The maximum atomic E-state index is 12.8. The predicted octanol–water partition coefficient (Wildman–Crippen LogP) is 6.87. The molecule has 0 unspecified atom stereocenters. The Balaban J connectivity index is 1.44. The van der Waals surface area contributed by atoms with Gasteiger partial charge >= 0.3 is 5.97 Å². The van der Waals surface area contributed by atoms with Crippen LogP contribution in [-0.2, 0) is 20.9 Å². The van der Waals surface area contributed by atoms with E-state index in [1.807, 2.05) is 0 Å². The van der Waals surface area contributed by atoms with Crippen molar-refractivity contribution in [2.75, 3.05) is 13.2 Å². The Bertz CT molecular complexity index is 1650. The second kappa shape index (κ2) is 15.6. The van der Waals surface area contributed by atoms with Crippen molar-refractivity contribution in [2.24, 2.45) is 5.10 Å². The molecule has 3 aromatic carbocycles. The van der Waals surface area contributed by atoms with Crippen molar-refractivity contribution in [3.63, 3.8) is 0 Å². The lowest BCUT2D eigenvalue weighted by atomic mass is 9.95.